The summed E-state index contributed by atoms with van der Waals surface area (Å²) < 4.78 is 6.65. The number of benzene rings is 2. The number of hydrogen-bond donors (Lipinski definition) is 1. The van der Waals surface area contributed by atoms with Gasteiger partial charge in [-0.15, -0.1) is 11.6 Å². The molecular formula is C16H17BrClNO. The molecule has 1 N–H and O–H groups in total. The number of halogens is 2. The monoisotopic (exact) mass is 353 g/mol. The van der Waals surface area contributed by atoms with Crippen molar-refractivity contribution in [2.24, 2.45) is 0 Å². The summed E-state index contributed by atoms with van der Waals surface area (Å²) in [5, 5.41) is 3.40. The van der Waals surface area contributed by atoms with Crippen LogP contribution < -0.4 is 10.1 Å². The van der Waals surface area contributed by atoms with Crippen LogP contribution in [-0.4, -0.2) is 6.61 Å². The van der Waals surface area contributed by atoms with Gasteiger partial charge in [-0.3, -0.25) is 0 Å². The minimum atomic E-state index is 0.444. The molecule has 0 aromatic heterocycles. The second-order valence-electron chi connectivity index (χ2n) is 4.33. The molecule has 0 radical (unpaired) electrons. The minimum absolute atomic E-state index is 0.444. The highest BCUT2D eigenvalue weighted by Gasteiger charge is 2.04. The van der Waals surface area contributed by atoms with Crippen molar-refractivity contribution in [2.75, 3.05) is 11.9 Å². The number of rotatable bonds is 6. The third-order valence-electron chi connectivity index (χ3n) is 2.95. The molecule has 2 aromatic rings. The third kappa shape index (κ3) is 3.90. The first-order valence-electron chi connectivity index (χ1n) is 6.53. The van der Waals surface area contributed by atoms with Crippen molar-refractivity contribution in [1.82, 2.24) is 0 Å². The Hall–Kier alpha value is -1.19. The summed E-state index contributed by atoms with van der Waals surface area (Å²) in [5.74, 6) is 1.30. The van der Waals surface area contributed by atoms with Gasteiger partial charge in [-0.2, -0.15) is 0 Å². The van der Waals surface area contributed by atoms with Crippen LogP contribution in [0, 0.1) is 0 Å². The average Bonchev–Trinajstić information content (AvgIpc) is 2.48. The van der Waals surface area contributed by atoms with E-state index in [1.807, 2.05) is 43.3 Å². The van der Waals surface area contributed by atoms with Crippen LogP contribution in [0.2, 0.25) is 0 Å². The second-order valence-corrected chi connectivity index (χ2v) is 5.46. The molecule has 0 unspecified atom stereocenters. The molecule has 2 nitrogen and oxygen atoms in total. The van der Waals surface area contributed by atoms with Crippen LogP contribution in [0.5, 0.6) is 5.75 Å². The highest BCUT2D eigenvalue weighted by Crippen LogP contribution is 2.25. The molecule has 0 aliphatic heterocycles. The SMILES string of the molecule is CCOc1ccc(NCc2ccccc2Br)cc1CCl. The van der Waals surface area contributed by atoms with E-state index >= 15 is 0 Å². The maximum absolute atomic E-state index is 5.97. The number of ether oxygens (including phenoxy) is 1. The molecule has 0 amide bonds. The van der Waals surface area contributed by atoms with Gasteiger partial charge < -0.3 is 10.1 Å². The van der Waals surface area contributed by atoms with Crippen LogP contribution in [-0.2, 0) is 12.4 Å². The number of hydrogen-bond acceptors (Lipinski definition) is 2. The smallest absolute Gasteiger partial charge is 0.123 e. The van der Waals surface area contributed by atoms with Gasteiger partial charge in [-0.05, 0) is 36.8 Å². The summed E-state index contributed by atoms with van der Waals surface area (Å²) in [4.78, 5) is 0. The molecular weight excluding hydrogens is 338 g/mol. The quantitative estimate of drug-likeness (QED) is 0.720. The van der Waals surface area contributed by atoms with Crippen LogP contribution in [0.15, 0.2) is 46.9 Å². The van der Waals surface area contributed by atoms with Crippen molar-refractivity contribution < 1.29 is 4.74 Å². The van der Waals surface area contributed by atoms with Crippen LogP contribution in [0.3, 0.4) is 0 Å². The van der Waals surface area contributed by atoms with Crippen LogP contribution in [0.25, 0.3) is 0 Å². The lowest BCUT2D eigenvalue weighted by Gasteiger charge is -2.12. The number of nitrogens with one attached hydrogen (secondary N) is 1. The molecule has 0 aliphatic carbocycles. The molecule has 0 aliphatic rings. The predicted molar refractivity (Wildman–Crippen MR) is 88.6 cm³/mol. The zero-order valence-corrected chi connectivity index (χ0v) is 13.7. The maximum atomic E-state index is 5.97. The molecule has 20 heavy (non-hydrogen) atoms. The van der Waals surface area contributed by atoms with Gasteiger partial charge in [-0.25, -0.2) is 0 Å². The zero-order chi connectivity index (χ0) is 14.4. The summed E-state index contributed by atoms with van der Waals surface area (Å²) in [6.07, 6.45) is 0. The van der Waals surface area contributed by atoms with Crippen molar-refractivity contribution in [3.8, 4) is 5.75 Å². The highest BCUT2D eigenvalue weighted by atomic mass is 79.9. The summed E-state index contributed by atoms with van der Waals surface area (Å²) in [7, 11) is 0. The van der Waals surface area contributed by atoms with E-state index in [4.69, 9.17) is 16.3 Å². The first-order valence-corrected chi connectivity index (χ1v) is 7.86. The molecule has 0 heterocycles. The van der Waals surface area contributed by atoms with Crippen molar-refractivity contribution in [3.63, 3.8) is 0 Å². The van der Waals surface area contributed by atoms with Gasteiger partial charge in [0.25, 0.3) is 0 Å². The Morgan fingerprint density at radius 2 is 1.95 bits per heavy atom. The Morgan fingerprint density at radius 3 is 2.65 bits per heavy atom. The Bertz CT molecular complexity index is 574. The molecule has 0 atom stereocenters. The lowest BCUT2D eigenvalue weighted by atomic mass is 10.2. The highest BCUT2D eigenvalue weighted by molar-refractivity contribution is 9.10. The Labute approximate surface area is 133 Å². The topological polar surface area (TPSA) is 21.3 Å². The molecule has 0 saturated carbocycles. The van der Waals surface area contributed by atoms with Gasteiger partial charge in [0, 0.05) is 22.3 Å². The maximum Gasteiger partial charge on any atom is 0.123 e. The first-order chi connectivity index (χ1) is 9.74. The van der Waals surface area contributed by atoms with Gasteiger partial charge in [0.2, 0.25) is 0 Å². The minimum Gasteiger partial charge on any atom is -0.494 e. The van der Waals surface area contributed by atoms with Crippen molar-refractivity contribution >= 4 is 33.2 Å². The number of alkyl halides is 1. The van der Waals surface area contributed by atoms with Crippen LogP contribution in [0.4, 0.5) is 5.69 Å². The van der Waals surface area contributed by atoms with Gasteiger partial charge in [0.05, 0.1) is 12.5 Å². The van der Waals surface area contributed by atoms with E-state index in [9.17, 15) is 0 Å². The van der Waals surface area contributed by atoms with E-state index in [-0.39, 0.29) is 0 Å². The Kier molecular flexibility index (Phi) is 5.74. The molecule has 0 saturated heterocycles. The molecule has 0 fully saturated rings. The van der Waals surface area contributed by atoms with Gasteiger partial charge >= 0.3 is 0 Å². The fourth-order valence-corrected chi connectivity index (χ4v) is 2.56. The Morgan fingerprint density at radius 1 is 1.15 bits per heavy atom. The van der Waals surface area contributed by atoms with Crippen molar-refractivity contribution in [2.45, 2.75) is 19.3 Å². The largest absolute Gasteiger partial charge is 0.494 e. The average molecular weight is 355 g/mol. The molecule has 4 heteroatoms. The predicted octanol–water partition coefficient (Wildman–Crippen LogP) is 5.20. The van der Waals surface area contributed by atoms with Gasteiger partial charge in [0.1, 0.15) is 5.75 Å². The second kappa shape index (κ2) is 7.55. The van der Waals surface area contributed by atoms with E-state index in [0.29, 0.717) is 12.5 Å². The van der Waals surface area contributed by atoms with Gasteiger partial charge in [-0.1, -0.05) is 34.1 Å². The molecule has 2 aromatic carbocycles. The molecule has 0 spiro atoms. The van der Waals surface area contributed by atoms with Crippen LogP contribution in [0.1, 0.15) is 18.1 Å². The summed E-state index contributed by atoms with van der Waals surface area (Å²) in [6.45, 7) is 3.38. The summed E-state index contributed by atoms with van der Waals surface area (Å²) in [5.41, 5.74) is 3.26. The van der Waals surface area contributed by atoms with Crippen molar-refractivity contribution in [1.29, 1.82) is 0 Å². The van der Waals surface area contributed by atoms with E-state index in [0.717, 1.165) is 28.0 Å². The standard InChI is InChI=1S/C16H17BrClNO/c1-2-20-16-8-7-14(9-13(16)10-18)19-11-12-5-3-4-6-15(12)17/h3-9,19H,2,10-11H2,1H3. The van der Waals surface area contributed by atoms with E-state index < -0.39 is 0 Å². The van der Waals surface area contributed by atoms with E-state index in [1.54, 1.807) is 0 Å². The first kappa shape index (κ1) is 15.2. The van der Waals surface area contributed by atoms with E-state index in [2.05, 4.69) is 27.3 Å². The van der Waals surface area contributed by atoms with Crippen molar-refractivity contribution in [3.05, 3.63) is 58.1 Å². The van der Waals surface area contributed by atoms with E-state index in [1.165, 1.54) is 5.56 Å². The zero-order valence-electron chi connectivity index (χ0n) is 11.3. The lowest BCUT2D eigenvalue weighted by Crippen LogP contribution is -2.02. The Balaban J connectivity index is 2.08. The fourth-order valence-electron chi connectivity index (χ4n) is 1.93. The summed E-state index contributed by atoms with van der Waals surface area (Å²) in [6, 6.07) is 14.2. The normalized spacial score (nSPS) is 10.3. The third-order valence-corrected chi connectivity index (χ3v) is 4.01. The molecule has 2 rings (SSSR count). The molecule has 0 bridgehead atoms. The lowest BCUT2D eigenvalue weighted by molar-refractivity contribution is 0.337. The van der Waals surface area contributed by atoms with Crippen LogP contribution >= 0.6 is 27.5 Å². The fraction of sp³-hybridized carbons (Fsp3) is 0.250. The summed E-state index contributed by atoms with van der Waals surface area (Å²) >= 11 is 9.52. The van der Waals surface area contributed by atoms with Gasteiger partial charge in [0.15, 0.2) is 0 Å². The number of anilines is 1. The molecule has 106 valence electrons.